The molecule has 5 rings (SSSR count). The highest BCUT2D eigenvalue weighted by Crippen LogP contribution is 2.35. The van der Waals surface area contributed by atoms with Gasteiger partial charge in [0.05, 0.1) is 36.0 Å². The van der Waals surface area contributed by atoms with E-state index in [4.69, 9.17) is 14.6 Å². The number of morpholine rings is 1. The standard InChI is InChI=1S/C25H34N6O5S/c1-3-36-21-9-8-19(37(33,34)26-10-11-30-12-14-35-15-13-30)16-20(21)23-28-25(32)22-17(2)27-24(31(22)29-23)18-6-4-5-7-18/h8-9,16,18,26H,3-7,10-15H2,1-2H3,(H,28,29,32). The van der Waals surface area contributed by atoms with Crippen molar-refractivity contribution < 1.29 is 17.9 Å². The summed E-state index contributed by atoms with van der Waals surface area (Å²) in [6.45, 7) is 7.80. The summed E-state index contributed by atoms with van der Waals surface area (Å²) in [5.41, 5.74) is 1.13. The molecule has 1 saturated heterocycles. The molecule has 2 N–H and O–H groups in total. The number of aromatic nitrogens is 4. The molecule has 2 aliphatic rings. The van der Waals surface area contributed by atoms with Crippen LogP contribution in [0.3, 0.4) is 0 Å². The molecular weight excluding hydrogens is 496 g/mol. The Bertz CT molecular complexity index is 1420. The predicted octanol–water partition coefficient (Wildman–Crippen LogP) is 2.06. The molecule has 1 aliphatic heterocycles. The molecule has 11 nitrogen and oxygen atoms in total. The van der Waals surface area contributed by atoms with Crippen molar-refractivity contribution in [2.24, 2.45) is 0 Å². The van der Waals surface area contributed by atoms with Crippen LogP contribution in [0.15, 0.2) is 27.9 Å². The van der Waals surface area contributed by atoms with Crippen LogP contribution in [-0.2, 0) is 14.8 Å². The van der Waals surface area contributed by atoms with Gasteiger partial charge in [0, 0.05) is 32.1 Å². The third-order valence-corrected chi connectivity index (χ3v) is 8.52. The zero-order valence-electron chi connectivity index (χ0n) is 21.3. The summed E-state index contributed by atoms with van der Waals surface area (Å²) in [5.74, 6) is 1.71. The fourth-order valence-corrected chi connectivity index (χ4v) is 6.20. The Kier molecular flexibility index (Phi) is 7.61. The van der Waals surface area contributed by atoms with Crippen molar-refractivity contribution in [3.63, 3.8) is 0 Å². The minimum Gasteiger partial charge on any atom is -0.493 e. The van der Waals surface area contributed by atoms with Crippen LogP contribution in [0.5, 0.6) is 5.75 Å². The maximum atomic E-state index is 13.1. The van der Waals surface area contributed by atoms with E-state index < -0.39 is 10.0 Å². The first-order valence-electron chi connectivity index (χ1n) is 12.9. The molecule has 0 spiro atoms. The van der Waals surface area contributed by atoms with E-state index in [2.05, 4.69) is 19.6 Å². The second-order valence-corrected chi connectivity index (χ2v) is 11.3. The van der Waals surface area contributed by atoms with Crippen LogP contribution in [-0.4, -0.2) is 78.9 Å². The number of rotatable bonds is 9. The van der Waals surface area contributed by atoms with Gasteiger partial charge in [-0.2, -0.15) is 0 Å². The average molecular weight is 531 g/mol. The van der Waals surface area contributed by atoms with E-state index in [0.717, 1.165) is 44.6 Å². The lowest BCUT2D eigenvalue weighted by atomic mass is 10.1. The van der Waals surface area contributed by atoms with Gasteiger partial charge in [0.2, 0.25) is 10.0 Å². The van der Waals surface area contributed by atoms with E-state index in [9.17, 15) is 13.2 Å². The fraction of sp³-hybridized carbons (Fsp3) is 0.560. The molecular formula is C25H34N6O5S. The van der Waals surface area contributed by atoms with Crippen LogP contribution in [0.4, 0.5) is 0 Å². The maximum Gasteiger partial charge on any atom is 0.277 e. The number of sulfonamides is 1. The molecule has 2 aromatic heterocycles. The Labute approximate surface area is 216 Å². The van der Waals surface area contributed by atoms with Gasteiger partial charge >= 0.3 is 0 Å². The van der Waals surface area contributed by atoms with Crippen molar-refractivity contribution in [2.75, 3.05) is 46.0 Å². The fourth-order valence-electron chi connectivity index (χ4n) is 5.15. The predicted molar refractivity (Wildman–Crippen MR) is 139 cm³/mol. The minimum absolute atomic E-state index is 0.0773. The molecule has 0 amide bonds. The number of aryl methyl sites for hydroxylation is 1. The minimum atomic E-state index is -3.80. The topological polar surface area (TPSA) is 131 Å². The SMILES string of the molecule is CCOc1ccc(S(=O)(=O)NCCN2CCOCC2)cc1-c1nn2c(C3CCCC3)nc(C)c2c(=O)[nH]1. The summed E-state index contributed by atoms with van der Waals surface area (Å²) >= 11 is 0. The zero-order valence-corrected chi connectivity index (χ0v) is 22.1. The highest BCUT2D eigenvalue weighted by molar-refractivity contribution is 7.89. The summed E-state index contributed by atoms with van der Waals surface area (Å²) in [7, 11) is -3.80. The van der Waals surface area contributed by atoms with Crippen LogP contribution in [0.1, 0.15) is 50.0 Å². The third kappa shape index (κ3) is 5.42. The number of nitrogens with zero attached hydrogens (tertiary/aromatic N) is 4. The monoisotopic (exact) mass is 530 g/mol. The highest BCUT2D eigenvalue weighted by atomic mass is 32.2. The van der Waals surface area contributed by atoms with Crippen LogP contribution in [0, 0.1) is 6.92 Å². The van der Waals surface area contributed by atoms with Crippen molar-refractivity contribution >= 4 is 15.5 Å². The summed E-state index contributed by atoms with van der Waals surface area (Å²) in [6, 6.07) is 4.62. The first-order chi connectivity index (χ1) is 17.9. The molecule has 0 atom stereocenters. The van der Waals surface area contributed by atoms with Crippen LogP contribution >= 0.6 is 0 Å². The maximum absolute atomic E-state index is 13.1. The van der Waals surface area contributed by atoms with E-state index in [1.807, 2.05) is 13.8 Å². The van der Waals surface area contributed by atoms with Gasteiger partial charge in [0.15, 0.2) is 11.3 Å². The lowest BCUT2D eigenvalue weighted by Gasteiger charge is -2.26. The van der Waals surface area contributed by atoms with Crippen molar-refractivity contribution in [1.82, 2.24) is 29.2 Å². The molecule has 3 aromatic rings. The Morgan fingerprint density at radius 2 is 1.97 bits per heavy atom. The Balaban J connectivity index is 1.49. The van der Waals surface area contributed by atoms with E-state index in [0.29, 0.717) is 48.9 Å². The Morgan fingerprint density at radius 1 is 1.22 bits per heavy atom. The molecule has 1 saturated carbocycles. The number of benzene rings is 1. The van der Waals surface area contributed by atoms with Gasteiger partial charge in [-0.15, -0.1) is 5.10 Å². The number of aromatic amines is 1. The average Bonchev–Trinajstić information content (AvgIpc) is 3.53. The molecule has 12 heteroatoms. The van der Waals surface area contributed by atoms with Gasteiger partial charge < -0.3 is 14.5 Å². The van der Waals surface area contributed by atoms with Gasteiger partial charge in [-0.1, -0.05) is 12.8 Å². The number of ether oxygens (including phenoxy) is 2. The van der Waals surface area contributed by atoms with E-state index in [1.165, 1.54) is 12.1 Å². The van der Waals surface area contributed by atoms with Gasteiger partial charge in [0.1, 0.15) is 11.6 Å². The highest BCUT2D eigenvalue weighted by Gasteiger charge is 2.26. The summed E-state index contributed by atoms with van der Waals surface area (Å²) in [5, 5.41) is 4.75. The van der Waals surface area contributed by atoms with E-state index in [1.54, 1.807) is 10.6 Å². The first kappa shape index (κ1) is 25.8. The van der Waals surface area contributed by atoms with E-state index in [-0.39, 0.29) is 28.7 Å². The van der Waals surface area contributed by atoms with Crippen LogP contribution < -0.4 is 15.0 Å². The molecule has 3 heterocycles. The molecule has 1 aliphatic carbocycles. The van der Waals surface area contributed by atoms with Gasteiger partial charge in [-0.25, -0.2) is 22.6 Å². The molecule has 0 unspecified atom stereocenters. The second-order valence-electron chi connectivity index (χ2n) is 9.54. The second kappa shape index (κ2) is 10.9. The lowest BCUT2D eigenvalue weighted by molar-refractivity contribution is 0.0390. The molecule has 1 aromatic carbocycles. The quantitative estimate of drug-likeness (QED) is 0.430. The molecule has 0 radical (unpaired) electrons. The van der Waals surface area contributed by atoms with Gasteiger partial charge in [-0.3, -0.25) is 9.69 Å². The van der Waals surface area contributed by atoms with Crippen LogP contribution in [0.25, 0.3) is 16.9 Å². The Hall–Kier alpha value is -2.80. The summed E-state index contributed by atoms with van der Waals surface area (Å²) in [4.78, 5) is 22.9. The number of fused-ring (bicyclic) bond motifs is 1. The lowest BCUT2D eigenvalue weighted by Crippen LogP contribution is -2.41. The Morgan fingerprint density at radius 3 is 2.70 bits per heavy atom. The van der Waals surface area contributed by atoms with Gasteiger partial charge in [-0.05, 0) is 44.9 Å². The van der Waals surface area contributed by atoms with Crippen molar-refractivity contribution in [3.05, 3.63) is 40.1 Å². The number of imidazole rings is 1. The van der Waals surface area contributed by atoms with Crippen molar-refractivity contribution in [1.29, 1.82) is 0 Å². The third-order valence-electron chi connectivity index (χ3n) is 7.06. The summed E-state index contributed by atoms with van der Waals surface area (Å²) < 4.78 is 41.7. The van der Waals surface area contributed by atoms with E-state index >= 15 is 0 Å². The number of hydrogen-bond donors (Lipinski definition) is 2. The number of hydrogen-bond acceptors (Lipinski definition) is 8. The zero-order chi connectivity index (χ0) is 26.0. The molecule has 0 bridgehead atoms. The number of nitrogens with one attached hydrogen (secondary N) is 2. The normalized spacial score (nSPS) is 17.6. The smallest absolute Gasteiger partial charge is 0.277 e. The van der Waals surface area contributed by atoms with Crippen molar-refractivity contribution in [3.8, 4) is 17.1 Å². The summed E-state index contributed by atoms with van der Waals surface area (Å²) in [6.07, 6.45) is 4.27. The molecule has 200 valence electrons. The molecule has 37 heavy (non-hydrogen) atoms. The van der Waals surface area contributed by atoms with Crippen LogP contribution in [0.2, 0.25) is 0 Å². The first-order valence-corrected chi connectivity index (χ1v) is 14.4. The molecule has 2 fully saturated rings. The largest absolute Gasteiger partial charge is 0.493 e. The number of H-pyrrole nitrogens is 1. The van der Waals surface area contributed by atoms with Crippen molar-refractivity contribution in [2.45, 2.75) is 50.3 Å². The van der Waals surface area contributed by atoms with Gasteiger partial charge in [0.25, 0.3) is 5.56 Å².